The van der Waals surface area contributed by atoms with E-state index < -0.39 is 0 Å². The summed E-state index contributed by atoms with van der Waals surface area (Å²) in [6.45, 7) is 1.35. The van der Waals surface area contributed by atoms with Crippen LogP contribution in [0, 0.1) is 0 Å². The number of hydrogen-bond acceptors (Lipinski definition) is 6. The lowest BCUT2D eigenvalue weighted by Gasteiger charge is -2.29. The summed E-state index contributed by atoms with van der Waals surface area (Å²) in [5.74, 6) is 0.817. The van der Waals surface area contributed by atoms with E-state index in [4.69, 9.17) is 4.74 Å². The van der Waals surface area contributed by atoms with E-state index in [1.807, 2.05) is 0 Å². The molecule has 0 amide bonds. The summed E-state index contributed by atoms with van der Waals surface area (Å²) >= 11 is 0. The number of ether oxygens (including phenoxy) is 1. The average molecular weight is 327 g/mol. The molecule has 7 heteroatoms. The molecule has 24 heavy (non-hydrogen) atoms. The Balaban J connectivity index is 1.38. The van der Waals surface area contributed by atoms with Gasteiger partial charge in [0.15, 0.2) is 0 Å². The van der Waals surface area contributed by atoms with E-state index in [2.05, 4.69) is 26.7 Å². The predicted octanol–water partition coefficient (Wildman–Crippen LogP) is 1.70. The first kappa shape index (κ1) is 15.3. The predicted molar refractivity (Wildman–Crippen MR) is 88.8 cm³/mol. The molecule has 4 rings (SSSR count). The number of hydrogen-bond donors (Lipinski definition) is 1. The van der Waals surface area contributed by atoms with Crippen molar-refractivity contribution in [1.82, 2.24) is 20.0 Å². The molecule has 0 bridgehead atoms. The lowest BCUT2D eigenvalue weighted by atomic mass is 9.91. The lowest BCUT2D eigenvalue weighted by Crippen LogP contribution is -2.33. The van der Waals surface area contributed by atoms with Gasteiger partial charge in [0, 0.05) is 30.3 Å². The van der Waals surface area contributed by atoms with Gasteiger partial charge in [-0.25, -0.2) is 4.68 Å². The van der Waals surface area contributed by atoms with Gasteiger partial charge in [0.2, 0.25) is 0 Å². The van der Waals surface area contributed by atoms with Crippen LogP contribution in [0.15, 0.2) is 29.2 Å². The highest BCUT2D eigenvalue weighted by atomic mass is 16.5. The Bertz CT molecular complexity index is 768. The molecule has 0 unspecified atom stereocenters. The van der Waals surface area contributed by atoms with E-state index in [1.165, 1.54) is 0 Å². The zero-order chi connectivity index (χ0) is 16.4. The highest BCUT2D eigenvalue weighted by Crippen LogP contribution is 2.28. The summed E-state index contributed by atoms with van der Waals surface area (Å²) in [5.41, 5.74) is 2.16. The molecule has 1 aliphatic carbocycles. The van der Waals surface area contributed by atoms with E-state index in [0.717, 1.165) is 55.8 Å². The fourth-order valence-electron chi connectivity index (χ4n) is 3.53. The summed E-state index contributed by atoms with van der Waals surface area (Å²) < 4.78 is 7.10. The number of fused-ring (bicyclic) bond motifs is 1. The Morgan fingerprint density at radius 2 is 2.08 bits per heavy atom. The minimum atomic E-state index is -0.0190. The minimum absolute atomic E-state index is 0.0190. The highest BCUT2D eigenvalue weighted by Gasteiger charge is 2.24. The van der Waals surface area contributed by atoms with Crippen molar-refractivity contribution in [1.29, 1.82) is 0 Å². The van der Waals surface area contributed by atoms with Crippen LogP contribution >= 0.6 is 0 Å². The van der Waals surface area contributed by atoms with Crippen molar-refractivity contribution in [3.63, 3.8) is 0 Å². The maximum Gasteiger partial charge on any atom is 0.266 e. The molecule has 0 aromatic carbocycles. The molecule has 0 atom stereocenters. The van der Waals surface area contributed by atoms with Crippen LogP contribution in [0.2, 0.25) is 0 Å². The van der Waals surface area contributed by atoms with Crippen LogP contribution in [0.4, 0.5) is 5.82 Å². The summed E-state index contributed by atoms with van der Waals surface area (Å²) in [5, 5.41) is 16.3. The van der Waals surface area contributed by atoms with Gasteiger partial charge in [0.1, 0.15) is 5.82 Å². The Morgan fingerprint density at radius 1 is 1.21 bits per heavy atom. The molecule has 2 aromatic rings. The molecule has 126 valence electrons. The third-order valence-corrected chi connectivity index (χ3v) is 4.84. The van der Waals surface area contributed by atoms with Crippen molar-refractivity contribution in [3.05, 3.63) is 46.0 Å². The second kappa shape index (κ2) is 6.68. The molecule has 0 spiro atoms. The van der Waals surface area contributed by atoms with Gasteiger partial charge >= 0.3 is 0 Å². The van der Waals surface area contributed by atoms with Crippen molar-refractivity contribution < 1.29 is 4.74 Å². The van der Waals surface area contributed by atoms with Crippen molar-refractivity contribution >= 4 is 5.82 Å². The van der Waals surface area contributed by atoms with Gasteiger partial charge in [-0.1, -0.05) is 0 Å². The van der Waals surface area contributed by atoms with Crippen LogP contribution in [-0.2, 0) is 17.8 Å². The average Bonchev–Trinajstić information content (AvgIpc) is 2.63. The van der Waals surface area contributed by atoms with Crippen LogP contribution < -0.4 is 10.9 Å². The Kier molecular flexibility index (Phi) is 4.25. The molecular weight excluding hydrogens is 306 g/mol. The smallest absolute Gasteiger partial charge is 0.266 e. The van der Waals surface area contributed by atoms with Gasteiger partial charge in [-0.05, 0) is 37.8 Å². The standard InChI is InChI=1S/C17H21N5O2/c23-17-2-1-8-18-22(17)14-5-3-13(4-6-14)19-16-10-12-11-24-9-7-15(12)20-21-16/h1-2,8,10,13-14H,3-7,9,11H2,(H,19,21). The van der Waals surface area contributed by atoms with Crippen molar-refractivity contribution in [2.45, 2.75) is 50.8 Å². The molecule has 7 nitrogen and oxygen atoms in total. The molecule has 2 aromatic heterocycles. The van der Waals surface area contributed by atoms with E-state index in [9.17, 15) is 4.79 Å². The van der Waals surface area contributed by atoms with Gasteiger partial charge < -0.3 is 10.1 Å². The zero-order valence-corrected chi connectivity index (χ0v) is 13.5. The Morgan fingerprint density at radius 3 is 2.92 bits per heavy atom. The molecule has 3 heterocycles. The first-order valence-corrected chi connectivity index (χ1v) is 8.53. The molecule has 1 aliphatic heterocycles. The zero-order valence-electron chi connectivity index (χ0n) is 13.5. The minimum Gasteiger partial charge on any atom is -0.376 e. The fraction of sp³-hybridized carbons (Fsp3) is 0.529. The fourth-order valence-corrected chi connectivity index (χ4v) is 3.53. The van der Waals surface area contributed by atoms with Crippen LogP contribution in [0.1, 0.15) is 43.0 Å². The third-order valence-electron chi connectivity index (χ3n) is 4.84. The Labute approximate surface area is 140 Å². The van der Waals surface area contributed by atoms with Crippen LogP contribution in [0.3, 0.4) is 0 Å². The van der Waals surface area contributed by atoms with E-state index in [0.29, 0.717) is 12.6 Å². The largest absolute Gasteiger partial charge is 0.376 e. The third kappa shape index (κ3) is 3.17. The number of aromatic nitrogens is 4. The van der Waals surface area contributed by atoms with Gasteiger partial charge in [-0.15, -0.1) is 5.10 Å². The van der Waals surface area contributed by atoms with Crippen LogP contribution in [-0.4, -0.2) is 32.6 Å². The second-order valence-corrected chi connectivity index (χ2v) is 6.46. The highest BCUT2D eigenvalue weighted by molar-refractivity contribution is 5.39. The number of nitrogens with zero attached hydrogens (tertiary/aromatic N) is 4. The van der Waals surface area contributed by atoms with Gasteiger partial charge in [-0.2, -0.15) is 10.2 Å². The SMILES string of the molecule is O=c1cccnn1C1CCC(Nc2cc3c(nn2)CCOC3)CC1. The molecule has 1 saturated carbocycles. The Hall–Kier alpha value is -2.28. The molecular formula is C17H21N5O2. The monoisotopic (exact) mass is 327 g/mol. The topological polar surface area (TPSA) is 81.9 Å². The molecule has 1 fully saturated rings. The second-order valence-electron chi connectivity index (χ2n) is 6.46. The molecule has 2 aliphatic rings. The molecule has 0 radical (unpaired) electrons. The number of rotatable bonds is 3. The maximum atomic E-state index is 11.9. The van der Waals surface area contributed by atoms with Gasteiger partial charge in [-0.3, -0.25) is 4.79 Å². The first-order chi connectivity index (χ1) is 11.8. The van der Waals surface area contributed by atoms with Crippen molar-refractivity contribution in [3.8, 4) is 0 Å². The molecule has 0 saturated heterocycles. The number of anilines is 1. The van der Waals surface area contributed by atoms with Crippen molar-refractivity contribution in [2.24, 2.45) is 0 Å². The van der Waals surface area contributed by atoms with Crippen LogP contribution in [0.25, 0.3) is 0 Å². The summed E-state index contributed by atoms with van der Waals surface area (Å²) in [6, 6.07) is 5.86. The van der Waals surface area contributed by atoms with E-state index in [-0.39, 0.29) is 11.6 Å². The maximum absolute atomic E-state index is 11.9. The van der Waals surface area contributed by atoms with Crippen molar-refractivity contribution in [2.75, 3.05) is 11.9 Å². The normalized spacial score (nSPS) is 23.5. The van der Waals surface area contributed by atoms with E-state index >= 15 is 0 Å². The quantitative estimate of drug-likeness (QED) is 0.924. The summed E-state index contributed by atoms with van der Waals surface area (Å²) in [4.78, 5) is 11.9. The molecule has 1 N–H and O–H groups in total. The first-order valence-electron chi connectivity index (χ1n) is 8.53. The van der Waals surface area contributed by atoms with Crippen LogP contribution in [0.5, 0.6) is 0 Å². The van der Waals surface area contributed by atoms with E-state index in [1.54, 1.807) is 23.0 Å². The van der Waals surface area contributed by atoms with Gasteiger partial charge in [0.25, 0.3) is 5.56 Å². The lowest BCUT2D eigenvalue weighted by molar-refractivity contribution is 0.109. The summed E-state index contributed by atoms with van der Waals surface area (Å²) in [7, 11) is 0. The van der Waals surface area contributed by atoms with Gasteiger partial charge in [0.05, 0.1) is 24.9 Å². The number of nitrogens with one attached hydrogen (secondary N) is 1. The summed E-state index contributed by atoms with van der Waals surface area (Å²) in [6.07, 6.45) is 6.38.